The summed E-state index contributed by atoms with van der Waals surface area (Å²) in [6, 6.07) is 4.87. The number of carbonyl (C=O) groups excluding carboxylic acids is 1. The summed E-state index contributed by atoms with van der Waals surface area (Å²) in [5, 5.41) is 5.62. The van der Waals surface area contributed by atoms with Gasteiger partial charge in [-0.15, -0.1) is 11.3 Å². The van der Waals surface area contributed by atoms with Gasteiger partial charge in [0.05, 0.1) is 11.6 Å². The zero-order valence-electron chi connectivity index (χ0n) is 13.8. The van der Waals surface area contributed by atoms with Crippen molar-refractivity contribution >= 4 is 34.4 Å². The van der Waals surface area contributed by atoms with Gasteiger partial charge in [0.15, 0.2) is 0 Å². The molecular weight excluding hydrogens is 385 g/mol. The van der Waals surface area contributed by atoms with Crippen LogP contribution < -0.4 is 5.32 Å². The summed E-state index contributed by atoms with van der Waals surface area (Å²) in [5.41, 5.74) is -0.278. The third kappa shape index (κ3) is 4.65. The van der Waals surface area contributed by atoms with E-state index in [2.05, 4.69) is 10.3 Å². The summed E-state index contributed by atoms with van der Waals surface area (Å²) < 4.78 is 40.2. The average Bonchev–Trinajstić information content (AvgIpc) is 3.31. The quantitative estimate of drug-likeness (QED) is 0.690. The van der Waals surface area contributed by atoms with Crippen molar-refractivity contribution < 1.29 is 18.0 Å². The molecule has 138 valence electrons. The number of halogens is 4. The molecule has 1 unspecified atom stereocenters. The summed E-state index contributed by atoms with van der Waals surface area (Å²) in [4.78, 5) is 16.7. The van der Waals surface area contributed by atoms with Crippen LogP contribution >= 0.6 is 22.9 Å². The first-order valence-corrected chi connectivity index (χ1v) is 9.27. The molecule has 1 amide bonds. The standard InChI is InChI=1S/C18H16ClF3N2OS/c1-10-9-26-17(23-10)16(12-2-3-12)24-15(25)8-14(18(20,21)22)11-4-6-13(19)7-5-11/h4-9,12,16H,2-3H2,1H3,(H,24,25). The highest BCUT2D eigenvalue weighted by atomic mass is 35.5. The fourth-order valence-electron chi connectivity index (χ4n) is 2.61. The number of aromatic nitrogens is 1. The van der Waals surface area contributed by atoms with Crippen molar-refractivity contribution in [1.82, 2.24) is 10.3 Å². The van der Waals surface area contributed by atoms with E-state index in [1.165, 1.54) is 35.6 Å². The Bertz CT molecular complexity index is 826. The van der Waals surface area contributed by atoms with Crippen LogP contribution in [0.2, 0.25) is 5.02 Å². The first-order chi connectivity index (χ1) is 12.2. The molecule has 1 saturated carbocycles. The van der Waals surface area contributed by atoms with Gasteiger partial charge in [-0.2, -0.15) is 13.2 Å². The molecule has 1 atom stereocenters. The molecule has 1 aromatic heterocycles. The SMILES string of the molecule is Cc1csc(C(NC(=O)C=C(c2ccc(Cl)cc2)C(F)(F)F)C2CC2)n1. The predicted octanol–water partition coefficient (Wildman–Crippen LogP) is 5.32. The van der Waals surface area contributed by atoms with E-state index in [0.717, 1.165) is 23.5 Å². The van der Waals surface area contributed by atoms with E-state index in [-0.39, 0.29) is 17.5 Å². The molecule has 1 aliphatic carbocycles. The van der Waals surface area contributed by atoms with Gasteiger partial charge in [0, 0.05) is 22.2 Å². The average molecular weight is 401 g/mol. The minimum atomic E-state index is -4.65. The Labute approximate surface area is 157 Å². The molecular formula is C18H16ClF3N2OS. The molecule has 1 heterocycles. The van der Waals surface area contributed by atoms with Gasteiger partial charge in [0.1, 0.15) is 5.01 Å². The van der Waals surface area contributed by atoms with Gasteiger partial charge < -0.3 is 5.32 Å². The van der Waals surface area contributed by atoms with Crippen molar-refractivity contribution in [2.75, 3.05) is 0 Å². The van der Waals surface area contributed by atoms with Crippen LogP contribution in [-0.2, 0) is 4.79 Å². The highest BCUT2D eigenvalue weighted by Gasteiger charge is 2.37. The Balaban J connectivity index is 1.84. The van der Waals surface area contributed by atoms with Gasteiger partial charge in [-0.25, -0.2) is 4.98 Å². The second kappa shape index (κ2) is 7.40. The van der Waals surface area contributed by atoms with Crippen molar-refractivity contribution in [2.24, 2.45) is 5.92 Å². The largest absolute Gasteiger partial charge is 0.417 e. The number of alkyl halides is 3. The van der Waals surface area contributed by atoms with Crippen LogP contribution in [-0.4, -0.2) is 17.1 Å². The maximum Gasteiger partial charge on any atom is 0.417 e. The van der Waals surface area contributed by atoms with Crippen LogP contribution in [0, 0.1) is 12.8 Å². The summed E-state index contributed by atoms with van der Waals surface area (Å²) in [5.74, 6) is -0.556. The lowest BCUT2D eigenvalue weighted by Crippen LogP contribution is -2.29. The van der Waals surface area contributed by atoms with E-state index in [1.807, 2.05) is 12.3 Å². The highest BCUT2D eigenvalue weighted by molar-refractivity contribution is 7.09. The smallest absolute Gasteiger partial charge is 0.343 e. The number of hydrogen-bond acceptors (Lipinski definition) is 3. The monoisotopic (exact) mass is 400 g/mol. The van der Waals surface area contributed by atoms with E-state index in [9.17, 15) is 18.0 Å². The van der Waals surface area contributed by atoms with Gasteiger partial charge in [0.25, 0.3) is 0 Å². The number of nitrogens with one attached hydrogen (secondary N) is 1. The van der Waals surface area contributed by atoms with E-state index in [0.29, 0.717) is 11.1 Å². The molecule has 1 fully saturated rings. The number of allylic oxidation sites excluding steroid dienone is 1. The third-order valence-corrected chi connectivity index (χ3v) is 5.33. The molecule has 0 radical (unpaired) electrons. The van der Waals surface area contributed by atoms with E-state index in [4.69, 9.17) is 11.6 Å². The first kappa shape index (κ1) is 18.9. The summed E-state index contributed by atoms with van der Waals surface area (Å²) in [6.45, 7) is 1.84. The molecule has 1 N–H and O–H groups in total. The zero-order valence-corrected chi connectivity index (χ0v) is 15.4. The van der Waals surface area contributed by atoms with Crippen LogP contribution in [0.15, 0.2) is 35.7 Å². The van der Waals surface area contributed by atoms with Crippen molar-refractivity contribution in [3.63, 3.8) is 0 Å². The van der Waals surface area contributed by atoms with Gasteiger partial charge in [-0.1, -0.05) is 23.7 Å². The number of nitrogens with zero attached hydrogens (tertiary/aromatic N) is 1. The zero-order chi connectivity index (χ0) is 18.9. The molecule has 3 nitrogen and oxygen atoms in total. The van der Waals surface area contributed by atoms with Gasteiger partial charge in [0.2, 0.25) is 5.91 Å². The molecule has 1 aliphatic rings. The molecule has 0 aliphatic heterocycles. The second-order valence-corrected chi connectivity index (χ2v) is 7.54. The van der Waals surface area contributed by atoms with Crippen molar-refractivity contribution in [2.45, 2.75) is 32.0 Å². The molecule has 1 aromatic carbocycles. The maximum absolute atomic E-state index is 13.4. The number of amides is 1. The molecule has 3 rings (SSSR count). The number of carbonyl (C=O) groups is 1. The first-order valence-electron chi connectivity index (χ1n) is 8.01. The molecule has 26 heavy (non-hydrogen) atoms. The van der Waals surface area contributed by atoms with Crippen LogP contribution in [0.3, 0.4) is 0 Å². The van der Waals surface area contributed by atoms with E-state index < -0.39 is 17.7 Å². The Kier molecular flexibility index (Phi) is 5.39. The van der Waals surface area contributed by atoms with Crippen molar-refractivity contribution in [3.8, 4) is 0 Å². The predicted molar refractivity (Wildman–Crippen MR) is 95.9 cm³/mol. The second-order valence-electron chi connectivity index (χ2n) is 6.21. The van der Waals surface area contributed by atoms with Crippen LogP contribution in [0.1, 0.15) is 35.1 Å². The fraction of sp³-hybridized carbons (Fsp3) is 0.333. The normalized spacial score (nSPS) is 16.4. The number of rotatable bonds is 5. The Morgan fingerprint density at radius 3 is 2.50 bits per heavy atom. The lowest BCUT2D eigenvalue weighted by atomic mass is 10.0. The van der Waals surface area contributed by atoms with Crippen LogP contribution in [0.5, 0.6) is 0 Å². The molecule has 2 aromatic rings. The minimum absolute atomic E-state index is 0.106. The Morgan fingerprint density at radius 2 is 2.00 bits per heavy atom. The maximum atomic E-state index is 13.4. The summed E-state index contributed by atoms with van der Waals surface area (Å²) >= 11 is 7.14. The number of thiazole rings is 1. The topological polar surface area (TPSA) is 42.0 Å². The van der Waals surface area contributed by atoms with Crippen LogP contribution in [0.25, 0.3) is 5.57 Å². The molecule has 8 heteroatoms. The summed E-state index contributed by atoms with van der Waals surface area (Å²) in [6.07, 6.45) is -2.19. The molecule has 0 spiro atoms. The van der Waals surface area contributed by atoms with Gasteiger partial charge >= 0.3 is 6.18 Å². The number of benzene rings is 1. The van der Waals surface area contributed by atoms with Gasteiger partial charge in [-0.3, -0.25) is 4.79 Å². The highest BCUT2D eigenvalue weighted by Crippen LogP contribution is 2.42. The van der Waals surface area contributed by atoms with Crippen LogP contribution in [0.4, 0.5) is 13.2 Å². The summed E-state index contributed by atoms with van der Waals surface area (Å²) in [7, 11) is 0. The third-order valence-electron chi connectivity index (χ3n) is 4.03. The lowest BCUT2D eigenvalue weighted by Gasteiger charge is -2.16. The minimum Gasteiger partial charge on any atom is -0.343 e. The van der Waals surface area contributed by atoms with Crippen molar-refractivity contribution in [1.29, 1.82) is 0 Å². The lowest BCUT2D eigenvalue weighted by molar-refractivity contribution is -0.117. The molecule has 0 bridgehead atoms. The fourth-order valence-corrected chi connectivity index (χ4v) is 3.67. The number of hydrogen-bond donors (Lipinski definition) is 1. The number of aryl methyl sites for hydroxylation is 1. The van der Waals surface area contributed by atoms with Crippen molar-refractivity contribution in [3.05, 3.63) is 57.0 Å². The Hall–Kier alpha value is -1.86. The van der Waals surface area contributed by atoms with E-state index in [1.54, 1.807) is 0 Å². The van der Waals surface area contributed by atoms with Gasteiger partial charge in [-0.05, 0) is 43.4 Å². The van der Waals surface area contributed by atoms with E-state index >= 15 is 0 Å². The Morgan fingerprint density at radius 1 is 1.35 bits per heavy atom. The molecule has 0 saturated heterocycles.